The van der Waals surface area contributed by atoms with E-state index in [-0.39, 0.29) is 30.8 Å². The molecule has 0 aliphatic heterocycles. The van der Waals surface area contributed by atoms with Crippen molar-refractivity contribution in [2.45, 2.75) is 13.3 Å². The lowest BCUT2D eigenvalue weighted by Gasteiger charge is -2.21. The number of amides is 3. The molecule has 0 unspecified atom stereocenters. The second kappa shape index (κ2) is 11.5. The summed E-state index contributed by atoms with van der Waals surface area (Å²) in [5.74, 6) is -0.738. The van der Waals surface area contributed by atoms with Gasteiger partial charge in [0.15, 0.2) is 0 Å². The standard InChI is InChI=1S/C21H24Cl2N4O3/c1-3-10-27(13-20(29)26-18-9-6-15(22)11-17(18)23)12-19(28)25-16-7-4-14(5-8-16)21(30)24-2/h4-9,11H,3,10,12-13H2,1-2H3,(H,24,30)(H,25,28)(H,26,29). The number of halogens is 2. The first-order valence-corrected chi connectivity index (χ1v) is 10.2. The van der Waals surface area contributed by atoms with Gasteiger partial charge in [-0.2, -0.15) is 0 Å². The van der Waals surface area contributed by atoms with Crippen LogP contribution in [0.5, 0.6) is 0 Å². The lowest BCUT2D eigenvalue weighted by atomic mass is 10.2. The lowest BCUT2D eigenvalue weighted by molar-refractivity contribution is -0.120. The zero-order valence-corrected chi connectivity index (χ0v) is 18.3. The summed E-state index contributed by atoms with van der Waals surface area (Å²) in [6.45, 7) is 2.63. The number of anilines is 2. The Bertz CT molecular complexity index is 904. The Balaban J connectivity index is 1.92. The molecule has 2 rings (SSSR count). The van der Waals surface area contributed by atoms with E-state index in [0.29, 0.717) is 33.5 Å². The van der Waals surface area contributed by atoms with Gasteiger partial charge in [0.05, 0.1) is 23.8 Å². The van der Waals surface area contributed by atoms with Crippen LogP contribution in [0, 0.1) is 0 Å². The number of nitrogens with zero attached hydrogens (tertiary/aromatic N) is 1. The van der Waals surface area contributed by atoms with Crippen LogP contribution in [0.25, 0.3) is 0 Å². The van der Waals surface area contributed by atoms with E-state index < -0.39 is 0 Å². The zero-order chi connectivity index (χ0) is 22.1. The predicted octanol–water partition coefficient (Wildman–Crippen LogP) is 3.64. The van der Waals surface area contributed by atoms with Gasteiger partial charge in [-0.15, -0.1) is 0 Å². The third kappa shape index (κ3) is 7.33. The number of hydrogen-bond acceptors (Lipinski definition) is 4. The van der Waals surface area contributed by atoms with Crippen LogP contribution in [-0.4, -0.2) is 49.3 Å². The van der Waals surface area contributed by atoms with Gasteiger partial charge >= 0.3 is 0 Å². The van der Waals surface area contributed by atoms with E-state index in [4.69, 9.17) is 23.2 Å². The number of rotatable bonds is 9. The topological polar surface area (TPSA) is 90.5 Å². The van der Waals surface area contributed by atoms with Crippen LogP contribution in [0.15, 0.2) is 42.5 Å². The highest BCUT2D eigenvalue weighted by atomic mass is 35.5. The molecule has 160 valence electrons. The fourth-order valence-corrected chi connectivity index (χ4v) is 3.22. The molecule has 2 aromatic rings. The van der Waals surface area contributed by atoms with Gasteiger partial charge in [-0.3, -0.25) is 19.3 Å². The summed E-state index contributed by atoms with van der Waals surface area (Å²) in [5.41, 5.74) is 1.53. The molecule has 3 amide bonds. The Kier molecular flexibility index (Phi) is 9.11. The molecule has 30 heavy (non-hydrogen) atoms. The van der Waals surface area contributed by atoms with Gasteiger partial charge in [-0.1, -0.05) is 30.1 Å². The molecule has 0 spiro atoms. The van der Waals surface area contributed by atoms with Crippen LogP contribution in [0.1, 0.15) is 23.7 Å². The fourth-order valence-electron chi connectivity index (χ4n) is 2.77. The maximum atomic E-state index is 12.4. The summed E-state index contributed by atoms with van der Waals surface area (Å²) in [5, 5.41) is 8.86. The molecule has 0 aliphatic rings. The van der Waals surface area contributed by atoms with E-state index in [1.807, 2.05) is 6.92 Å². The van der Waals surface area contributed by atoms with E-state index >= 15 is 0 Å². The summed E-state index contributed by atoms with van der Waals surface area (Å²) in [6, 6.07) is 11.4. The summed E-state index contributed by atoms with van der Waals surface area (Å²) >= 11 is 11.9. The number of carbonyl (C=O) groups is 3. The van der Waals surface area contributed by atoms with Crippen LogP contribution in [0.4, 0.5) is 11.4 Å². The van der Waals surface area contributed by atoms with Gasteiger partial charge < -0.3 is 16.0 Å². The molecule has 9 heteroatoms. The maximum absolute atomic E-state index is 12.4. The lowest BCUT2D eigenvalue weighted by Crippen LogP contribution is -2.39. The van der Waals surface area contributed by atoms with Crippen LogP contribution in [-0.2, 0) is 9.59 Å². The van der Waals surface area contributed by atoms with Gasteiger partial charge in [0.25, 0.3) is 5.91 Å². The molecule has 0 aromatic heterocycles. The second-order valence-corrected chi connectivity index (χ2v) is 7.43. The highest BCUT2D eigenvalue weighted by molar-refractivity contribution is 6.36. The van der Waals surface area contributed by atoms with Crippen molar-refractivity contribution in [3.8, 4) is 0 Å². The van der Waals surface area contributed by atoms with Crippen molar-refractivity contribution in [2.24, 2.45) is 0 Å². The van der Waals surface area contributed by atoms with E-state index in [0.717, 1.165) is 6.42 Å². The Labute approximate surface area is 185 Å². The quantitative estimate of drug-likeness (QED) is 0.543. The Morgan fingerprint density at radius 2 is 1.57 bits per heavy atom. The summed E-state index contributed by atoms with van der Waals surface area (Å²) in [7, 11) is 1.55. The monoisotopic (exact) mass is 450 g/mol. The van der Waals surface area contributed by atoms with Crippen molar-refractivity contribution >= 4 is 52.3 Å². The molecule has 0 radical (unpaired) electrons. The third-order valence-electron chi connectivity index (χ3n) is 4.14. The van der Waals surface area contributed by atoms with Crippen molar-refractivity contribution in [1.82, 2.24) is 10.2 Å². The van der Waals surface area contributed by atoms with Gasteiger partial charge in [0, 0.05) is 23.3 Å². The highest BCUT2D eigenvalue weighted by Gasteiger charge is 2.15. The maximum Gasteiger partial charge on any atom is 0.251 e. The third-order valence-corrected chi connectivity index (χ3v) is 4.69. The number of carbonyl (C=O) groups excluding carboxylic acids is 3. The number of nitrogens with one attached hydrogen (secondary N) is 3. The van der Waals surface area contributed by atoms with Crippen LogP contribution >= 0.6 is 23.2 Å². The molecule has 0 aliphatic carbocycles. The average Bonchev–Trinajstić information content (AvgIpc) is 2.70. The molecule has 0 fully saturated rings. The summed E-state index contributed by atoms with van der Waals surface area (Å²) in [6.07, 6.45) is 0.781. The minimum atomic E-state index is -0.282. The molecule has 7 nitrogen and oxygen atoms in total. The molecular formula is C21H24Cl2N4O3. The first-order chi connectivity index (χ1) is 14.3. The van der Waals surface area contributed by atoms with Gasteiger partial charge in [-0.05, 0) is 55.4 Å². The molecular weight excluding hydrogens is 427 g/mol. The summed E-state index contributed by atoms with van der Waals surface area (Å²) < 4.78 is 0. The molecule has 0 saturated carbocycles. The molecule has 2 aromatic carbocycles. The molecule has 0 saturated heterocycles. The van der Waals surface area contributed by atoms with E-state index in [2.05, 4.69) is 16.0 Å². The SMILES string of the molecule is CCCN(CC(=O)Nc1ccc(C(=O)NC)cc1)CC(=O)Nc1ccc(Cl)cc1Cl. The molecule has 0 bridgehead atoms. The predicted molar refractivity (Wildman–Crippen MR) is 120 cm³/mol. The van der Waals surface area contributed by atoms with Crippen molar-refractivity contribution < 1.29 is 14.4 Å². The zero-order valence-electron chi connectivity index (χ0n) is 16.8. The Hall–Kier alpha value is -2.61. The minimum Gasteiger partial charge on any atom is -0.355 e. The molecule has 0 atom stereocenters. The van der Waals surface area contributed by atoms with Crippen LogP contribution in [0.2, 0.25) is 10.0 Å². The van der Waals surface area contributed by atoms with Gasteiger partial charge in [-0.25, -0.2) is 0 Å². The van der Waals surface area contributed by atoms with Crippen molar-refractivity contribution in [3.63, 3.8) is 0 Å². The summed E-state index contributed by atoms with van der Waals surface area (Å²) in [4.78, 5) is 38.1. The Morgan fingerprint density at radius 3 is 2.13 bits per heavy atom. The smallest absolute Gasteiger partial charge is 0.251 e. The number of hydrogen-bond donors (Lipinski definition) is 3. The van der Waals surface area contributed by atoms with Gasteiger partial charge in [0.2, 0.25) is 11.8 Å². The normalized spacial score (nSPS) is 10.6. The second-order valence-electron chi connectivity index (χ2n) is 6.59. The van der Waals surface area contributed by atoms with Gasteiger partial charge in [0.1, 0.15) is 0 Å². The van der Waals surface area contributed by atoms with E-state index in [9.17, 15) is 14.4 Å². The molecule has 3 N–H and O–H groups in total. The average molecular weight is 451 g/mol. The molecule has 0 heterocycles. The van der Waals surface area contributed by atoms with Crippen molar-refractivity contribution in [3.05, 3.63) is 58.1 Å². The van der Waals surface area contributed by atoms with E-state index in [1.165, 1.54) is 0 Å². The Morgan fingerprint density at radius 1 is 0.933 bits per heavy atom. The minimum absolute atomic E-state index is 0.0375. The largest absolute Gasteiger partial charge is 0.355 e. The first kappa shape index (κ1) is 23.7. The van der Waals surface area contributed by atoms with Crippen molar-refractivity contribution in [2.75, 3.05) is 37.3 Å². The van der Waals surface area contributed by atoms with E-state index in [1.54, 1.807) is 54.4 Å². The van der Waals surface area contributed by atoms with Crippen LogP contribution < -0.4 is 16.0 Å². The highest BCUT2D eigenvalue weighted by Crippen LogP contribution is 2.25. The number of benzene rings is 2. The fraction of sp³-hybridized carbons (Fsp3) is 0.286. The first-order valence-electron chi connectivity index (χ1n) is 9.41. The van der Waals surface area contributed by atoms with Crippen LogP contribution in [0.3, 0.4) is 0 Å². The van der Waals surface area contributed by atoms with Crippen molar-refractivity contribution in [1.29, 1.82) is 0 Å².